The van der Waals surface area contributed by atoms with Gasteiger partial charge in [-0.15, -0.1) is 0 Å². The summed E-state index contributed by atoms with van der Waals surface area (Å²) in [5, 5.41) is 13.1. The summed E-state index contributed by atoms with van der Waals surface area (Å²) in [6.07, 6.45) is -8.71. The van der Waals surface area contributed by atoms with E-state index in [-0.39, 0.29) is 6.07 Å². The van der Waals surface area contributed by atoms with E-state index in [1.54, 1.807) is 6.08 Å². The smallest absolute Gasteiger partial charge is 0.416 e. The number of nitrogens with zero attached hydrogens (tertiary/aromatic N) is 3. The number of carbonyl (C=O) groups is 1. The molecule has 0 fully saturated rings. The van der Waals surface area contributed by atoms with Crippen LogP contribution in [0.25, 0.3) is 6.08 Å². The van der Waals surface area contributed by atoms with E-state index < -0.39 is 29.6 Å². The number of amides is 1. The third-order valence-corrected chi connectivity index (χ3v) is 3.96. The topological polar surface area (TPSA) is 58.4 Å². The molecule has 158 valence electrons. The molecule has 2 heterocycles. The van der Waals surface area contributed by atoms with Gasteiger partial charge in [0.2, 0.25) is 0 Å². The standard InChI is InChI=1S/C9H10ClN3O2.C8H4F6/c10-2-1-7-5-8-6-12(9(14)15)3-4-13(8)11-7;9-7(10,11)5-2-1-3-6(4-5)8(12,13)14/h1-2,5H,3-4,6H2,(H,14,15);1-4H. The summed E-state index contributed by atoms with van der Waals surface area (Å²) < 4.78 is 73.7. The van der Waals surface area contributed by atoms with E-state index in [1.165, 1.54) is 10.4 Å². The summed E-state index contributed by atoms with van der Waals surface area (Å²) >= 11 is 5.44. The molecular formula is C17H14ClF6N3O2. The number of aromatic nitrogens is 2. The molecule has 1 N–H and O–H groups in total. The highest BCUT2D eigenvalue weighted by molar-refractivity contribution is 6.27. The molecule has 1 aromatic heterocycles. The van der Waals surface area contributed by atoms with E-state index >= 15 is 0 Å². The lowest BCUT2D eigenvalue weighted by molar-refractivity contribution is -0.143. The highest BCUT2D eigenvalue weighted by atomic mass is 35.5. The lowest BCUT2D eigenvalue weighted by atomic mass is 10.1. The summed E-state index contributed by atoms with van der Waals surface area (Å²) in [6, 6.07) is 3.84. The molecule has 0 saturated heterocycles. The molecule has 29 heavy (non-hydrogen) atoms. The van der Waals surface area contributed by atoms with Crippen LogP contribution in [0.4, 0.5) is 31.1 Å². The summed E-state index contributed by atoms with van der Waals surface area (Å²) in [5.41, 5.74) is 0.448. The third-order valence-electron chi connectivity index (χ3n) is 3.84. The molecule has 3 rings (SSSR count). The van der Waals surface area contributed by atoms with Crippen LogP contribution in [0.2, 0.25) is 0 Å². The van der Waals surface area contributed by atoms with Crippen LogP contribution in [-0.4, -0.2) is 32.4 Å². The first-order valence-electron chi connectivity index (χ1n) is 7.97. The number of hydrogen-bond acceptors (Lipinski definition) is 2. The average Bonchev–Trinajstić information content (AvgIpc) is 3.03. The number of alkyl halides is 6. The predicted molar refractivity (Wildman–Crippen MR) is 92.0 cm³/mol. The van der Waals surface area contributed by atoms with Crippen LogP contribution in [0.5, 0.6) is 0 Å². The van der Waals surface area contributed by atoms with Crippen LogP contribution in [0.15, 0.2) is 35.9 Å². The summed E-state index contributed by atoms with van der Waals surface area (Å²) in [5.74, 6) is 0. The second-order valence-corrected chi connectivity index (χ2v) is 6.11. The fourth-order valence-corrected chi connectivity index (χ4v) is 2.60. The maximum atomic E-state index is 12.0. The van der Waals surface area contributed by atoms with Gasteiger partial charge in [-0.2, -0.15) is 31.4 Å². The van der Waals surface area contributed by atoms with E-state index in [0.29, 0.717) is 31.8 Å². The van der Waals surface area contributed by atoms with Gasteiger partial charge in [0.15, 0.2) is 0 Å². The van der Waals surface area contributed by atoms with E-state index in [9.17, 15) is 31.1 Å². The van der Waals surface area contributed by atoms with Crippen molar-refractivity contribution >= 4 is 23.8 Å². The van der Waals surface area contributed by atoms with Gasteiger partial charge in [0, 0.05) is 12.1 Å². The molecule has 0 saturated carbocycles. The maximum Gasteiger partial charge on any atom is 0.416 e. The van der Waals surface area contributed by atoms with Crippen molar-refractivity contribution in [1.82, 2.24) is 14.7 Å². The first kappa shape index (κ1) is 22.6. The Morgan fingerprint density at radius 1 is 1.07 bits per heavy atom. The van der Waals surface area contributed by atoms with E-state index in [2.05, 4.69) is 5.10 Å². The minimum absolute atomic E-state index is 0.0833. The molecule has 1 aliphatic rings. The molecule has 0 atom stereocenters. The third kappa shape index (κ3) is 6.14. The average molecular weight is 442 g/mol. The van der Waals surface area contributed by atoms with Crippen LogP contribution in [0.1, 0.15) is 22.5 Å². The van der Waals surface area contributed by atoms with Crippen LogP contribution in [0, 0.1) is 0 Å². The minimum Gasteiger partial charge on any atom is -0.465 e. The fourth-order valence-electron chi connectivity index (χ4n) is 2.47. The summed E-state index contributed by atoms with van der Waals surface area (Å²) in [4.78, 5) is 12.1. The molecule has 1 aromatic carbocycles. The number of carboxylic acid groups (broad SMARTS) is 1. The van der Waals surface area contributed by atoms with Crippen LogP contribution >= 0.6 is 11.6 Å². The zero-order valence-corrected chi connectivity index (χ0v) is 15.3. The van der Waals surface area contributed by atoms with Gasteiger partial charge in [-0.25, -0.2) is 4.79 Å². The Kier molecular flexibility index (Phi) is 6.83. The molecule has 1 aliphatic heterocycles. The van der Waals surface area contributed by atoms with Crippen molar-refractivity contribution < 1.29 is 36.2 Å². The van der Waals surface area contributed by atoms with Crippen molar-refractivity contribution in [2.45, 2.75) is 25.4 Å². The van der Waals surface area contributed by atoms with Crippen molar-refractivity contribution in [3.63, 3.8) is 0 Å². The molecular weight excluding hydrogens is 428 g/mol. The van der Waals surface area contributed by atoms with Gasteiger partial charge in [0.25, 0.3) is 0 Å². The molecule has 0 radical (unpaired) electrons. The maximum absolute atomic E-state index is 12.0. The van der Waals surface area contributed by atoms with Gasteiger partial charge in [-0.3, -0.25) is 4.68 Å². The van der Waals surface area contributed by atoms with Crippen LogP contribution < -0.4 is 0 Å². The molecule has 0 spiro atoms. The SMILES string of the molecule is FC(F)(F)c1cccc(C(F)(F)F)c1.O=C(O)N1CCn2nc(C=CCl)cc2C1. The number of benzene rings is 1. The lowest BCUT2D eigenvalue weighted by Crippen LogP contribution is -2.37. The Balaban J connectivity index is 0.000000208. The van der Waals surface area contributed by atoms with Crippen molar-refractivity contribution in [3.8, 4) is 0 Å². The van der Waals surface area contributed by atoms with Gasteiger partial charge in [0.05, 0.1) is 35.6 Å². The predicted octanol–water partition coefficient (Wildman–Crippen LogP) is 5.31. The second kappa shape index (κ2) is 8.76. The monoisotopic (exact) mass is 441 g/mol. The van der Waals surface area contributed by atoms with Crippen molar-refractivity contribution in [2.24, 2.45) is 0 Å². The summed E-state index contributed by atoms with van der Waals surface area (Å²) in [6.45, 7) is 1.46. The lowest BCUT2D eigenvalue weighted by Gasteiger charge is -2.24. The van der Waals surface area contributed by atoms with E-state index in [1.807, 2.05) is 10.7 Å². The van der Waals surface area contributed by atoms with Crippen molar-refractivity contribution in [1.29, 1.82) is 0 Å². The quantitative estimate of drug-likeness (QED) is 0.610. The molecule has 5 nitrogen and oxygen atoms in total. The number of hydrogen-bond donors (Lipinski definition) is 1. The fraction of sp³-hybridized carbons (Fsp3) is 0.294. The first-order valence-corrected chi connectivity index (χ1v) is 8.41. The number of rotatable bonds is 1. The molecule has 0 bridgehead atoms. The Morgan fingerprint density at radius 3 is 2.14 bits per heavy atom. The second-order valence-electron chi connectivity index (χ2n) is 5.86. The van der Waals surface area contributed by atoms with Gasteiger partial charge >= 0.3 is 18.4 Å². The molecule has 0 unspecified atom stereocenters. The van der Waals surface area contributed by atoms with Crippen LogP contribution in [-0.2, 0) is 25.4 Å². The zero-order chi connectivity index (χ0) is 21.8. The summed E-state index contributed by atoms with van der Waals surface area (Å²) in [7, 11) is 0. The Morgan fingerprint density at radius 2 is 1.66 bits per heavy atom. The minimum atomic E-state index is -4.75. The number of halogens is 7. The largest absolute Gasteiger partial charge is 0.465 e. The van der Waals surface area contributed by atoms with Gasteiger partial charge < -0.3 is 10.0 Å². The molecule has 2 aromatic rings. The van der Waals surface area contributed by atoms with Gasteiger partial charge in [0.1, 0.15) is 0 Å². The van der Waals surface area contributed by atoms with E-state index in [0.717, 1.165) is 17.5 Å². The normalized spacial score (nSPS) is 14.4. The van der Waals surface area contributed by atoms with Crippen molar-refractivity contribution in [2.75, 3.05) is 6.54 Å². The van der Waals surface area contributed by atoms with Crippen molar-refractivity contribution in [3.05, 3.63) is 58.4 Å². The Hall–Kier alpha value is -2.69. The zero-order valence-electron chi connectivity index (χ0n) is 14.5. The highest BCUT2D eigenvalue weighted by Crippen LogP contribution is 2.34. The Labute approximate surface area is 165 Å². The van der Waals surface area contributed by atoms with Gasteiger partial charge in [-0.1, -0.05) is 17.7 Å². The number of fused-ring (bicyclic) bond motifs is 1. The first-order chi connectivity index (χ1) is 13.4. The molecule has 0 aliphatic carbocycles. The van der Waals surface area contributed by atoms with E-state index in [4.69, 9.17) is 16.7 Å². The molecule has 12 heteroatoms. The van der Waals surface area contributed by atoms with Crippen LogP contribution in [0.3, 0.4) is 0 Å². The highest BCUT2D eigenvalue weighted by Gasteiger charge is 2.35. The molecule has 1 amide bonds. The van der Waals surface area contributed by atoms with Gasteiger partial charge in [-0.05, 0) is 30.3 Å². The Bertz CT molecular complexity index is 863.